The summed E-state index contributed by atoms with van der Waals surface area (Å²) in [5.41, 5.74) is 1.91. The Bertz CT molecular complexity index is 600. The van der Waals surface area contributed by atoms with Crippen LogP contribution in [0.2, 0.25) is 0 Å². The first-order valence-corrected chi connectivity index (χ1v) is 10.8. The van der Waals surface area contributed by atoms with Crippen molar-refractivity contribution >= 4 is 22.2 Å². The van der Waals surface area contributed by atoms with Gasteiger partial charge in [-0.05, 0) is 37.2 Å². The predicted molar refractivity (Wildman–Crippen MR) is 106 cm³/mol. The van der Waals surface area contributed by atoms with E-state index in [2.05, 4.69) is 25.2 Å². The molecule has 1 atom stereocenters. The minimum absolute atomic E-state index is 0.0640. The van der Waals surface area contributed by atoms with E-state index in [1.807, 2.05) is 0 Å². The molecule has 0 aliphatic heterocycles. The van der Waals surface area contributed by atoms with E-state index in [0.29, 0.717) is 12.3 Å². The van der Waals surface area contributed by atoms with Gasteiger partial charge in [0.2, 0.25) is 5.91 Å². The molecule has 1 heterocycles. The molecule has 0 bridgehead atoms. The lowest BCUT2D eigenvalue weighted by molar-refractivity contribution is -0.116. The number of anilines is 1. The van der Waals surface area contributed by atoms with Crippen molar-refractivity contribution in [2.75, 3.05) is 5.32 Å². The monoisotopic (exact) mass is 360 g/mol. The van der Waals surface area contributed by atoms with Gasteiger partial charge in [0.25, 0.3) is 0 Å². The molecule has 1 aliphatic carbocycles. The first-order valence-electron chi connectivity index (χ1n) is 10.00. The number of nitriles is 1. The topological polar surface area (TPSA) is 52.9 Å². The molecule has 0 radical (unpaired) electrons. The maximum atomic E-state index is 12.2. The van der Waals surface area contributed by atoms with Crippen molar-refractivity contribution in [3.05, 3.63) is 16.0 Å². The standard InChI is InChI=1S/C21H32N2OS/c1-3-4-5-6-7-8-9-10-11-20(24)23-21-18(15-22)17-13-12-16(2)14-19(17)25-21/h16H,3-14H2,1-2H3,(H,23,24). The Morgan fingerprint density at radius 3 is 2.56 bits per heavy atom. The van der Waals surface area contributed by atoms with Crippen molar-refractivity contribution < 1.29 is 4.79 Å². The summed E-state index contributed by atoms with van der Waals surface area (Å²) < 4.78 is 0. The van der Waals surface area contributed by atoms with Crippen molar-refractivity contribution in [3.63, 3.8) is 0 Å². The molecule has 1 N–H and O–H groups in total. The summed E-state index contributed by atoms with van der Waals surface area (Å²) in [6, 6.07) is 2.32. The third-order valence-electron chi connectivity index (χ3n) is 5.13. The summed E-state index contributed by atoms with van der Waals surface area (Å²) in [5, 5.41) is 13.3. The van der Waals surface area contributed by atoms with Gasteiger partial charge in [0.1, 0.15) is 11.1 Å². The quantitative estimate of drug-likeness (QED) is 0.504. The van der Waals surface area contributed by atoms with E-state index in [9.17, 15) is 10.1 Å². The van der Waals surface area contributed by atoms with Gasteiger partial charge in [-0.2, -0.15) is 5.26 Å². The van der Waals surface area contributed by atoms with Crippen LogP contribution >= 0.6 is 11.3 Å². The number of nitrogens with zero attached hydrogens (tertiary/aromatic N) is 1. The van der Waals surface area contributed by atoms with Crippen LogP contribution in [-0.2, 0) is 17.6 Å². The van der Waals surface area contributed by atoms with Crippen molar-refractivity contribution in [2.45, 2.75) is 90.9 Å². The normalized spacial score (nSPS) is 16.3. The van der Waals surface area contributed by atoms with E-state index in [1.165, 1.54) is 49.0 Å². The highest BCUT2D eigenvalue weighted by atomic mass is 32.1. The number of hydrogen-bond donors (Lipinski definition) is 1. The molecule has 4 heteroatoms. The molecule has 0 saturated carbocycles. The molecule has 1 aromatic rings. The van der Waals surface area contributed by atoms with Gasteiger partial charge in [-0.1, -0.05) is 58.8 Å². The smallest absolute Gasteiger partial charge is 0.225 e. The lowest BCUT2D eigenvalue weighted by Gasteiger charge is -2.17. The summed E-state index contributed by atoms with van der Waals surface area (Å²) in [7, 11) is 0. The van der Waals surface area contributed by atoms with Gasteiger partial charge in [-0.15, -0.1) is 11.3 Å². The van der Waals surface area contributed by atoms with E-state index >= 15 is 0 Å². The van der Waals surface area contributed by atoms with Crippen LogP contribution in [0.4, 0.5) is 5.00 Å². The number of thiophene rings is 1. The molecule has 138 valence electrons. The number of rotatable bonds is 10. The maximum absolute atomic E-state index is 12.2. The van der Waals surface area contributed by atoms with E-state index < -0.39 is 0 Å². The van der Waals surface area contributed by atoms with Crippen molar-refractivity contribution in [1.29, 1.82) is 5.26 Å². The molecule has 0 fully saturated rings. The summed E-state index contributed by atoms with van der Waals surface area (Å²) in [5.74, 6) is 0.743. The fourth-order valence-corrected chi connectivity index (χ4v) is 4.94. The largest absolute Gasteiger partial charge is 0.317 e. The SMILES string of the molecule is CCCCCCCCCCC(=O)Nc1sc2c(c1C#N)CCC(C)C2. The Balaban J connectivity index is 1.73. The summed E-state index contributed by atoms with van der Waals surface area (Å²) >= 11 is 1.62. The molecule has 0 spiro atoms. The Labute approximate surface area is 156 Å². The zero-order valence-electron chi connectivity index (χ0n) is 15.8. The summed E-state index contributed by atoms with van der Waals surface area (Å²) in [6.45, 7) is 4.50. The van der Waals surface area contributed by atoms with Crippen LogP contribution in [0, 0.1) is 17.2 Å². The highest BCUT2D eigenvalue weighted by Gasteiger charge is 2.24. The summed E-state index contributed by atoms with van der Waals surface area (Å²) in [6.07, 6.45) is 13.6. The van der Waals surface area contributed by atoms with Gasteiger partial charge in [0.15, 0.2) is 0 Å². The second-order valence-electron chi connectivity index (χ2n) is 7.44. The number of amides is 1. The third-order valence-corrected chi connectivity index (χ3v) is 6.30. The number of nitrogens with one attached hydrogen (secondary N) is 1. The molecule has 1 amide bonds. The van der Waals surface area contributed by atoms with Gasteiger partial charge in [-0.3, -0.25) is 4.79 Å². The van der Waals surface area contributed by atoms with Gasteiger partial charge in [-0.25, -0.2) is 0 Å². The molecular weight excluding hydrogens is 328 g/mol. The number of carbonyl (C=O) groups excluding carboxylic acids is 1. The van der Waals surface area contributed by atoms with Crippen molar-refractivity contribution in [1.82, 2.24) is 0 Å². The van der Waals surface area contributed by atoms with E-state index in [1.54, 1.807) is 11.3 Å². The molecule has 3 nitrogen and oxygen atoms in total. The molecule has 1 unspecified atom stereocenters. The Hall–Kier alpha value is -1.34. The predicted octanol–water partition coefficient (Wildman–Crippen LogP) is 6.21. The molecule has 2 rings (SSSR count). The van der Waals surface area contributed by atoms with Gasteiger partial charge in [0.05, 0.1) is 5.56 Å². The molecule has 25 heavy (non-hydrogen) atoms. The Morgan fingerprint density at radius 1 is 1.20 bits per heavy atom. The lowest BCUT2D eigenvalue weighted by atomic mass is 9.88. The van der Waals surface area contributed by atoms with Gasteiger partial charge in [0, 0.05) is 11.3 Å². The fraction of sp³-hybridized carbons (Fsp3) is 0.714. The molecule has 1 aromatic heterocycles. The van der Waals surface area contributed by atoms with Crippen molar-refractivity contribution in [2.24, 2.45) is 5.92 Å². The number of carbonyl (C=O) groups is 1. The fourth-order valence-electron chi connectivity index (χ4n) is 3.57. The lowest BCUT2D eigenvalue weighted by Crippen LogP contribution is -2.11. The van der Waals surface area contributed by atoms with E-state index in [4.69, 9.17) is 0 Å². The Kier molecular flexibility index (Phi) is 8.48. The number of unbranched alkanes of at least 4 members (excludes halogenated alkanes) is 7. The highest BCUT2D eigenvalue weighted by Crippen LogP contribution is 2.39. The van der Waals surface area contributed by atoms with Crippen molar-refractivity contribution in [3.8, 4) is 6.07 Å². The first-order chi connectivity index (χ1) is 12.2. The molecular formula is C21H32N2OS. The minimum atomic E-state index is 0.0640. The third kappa shape index (κ3) is 6.15. The first kappa shape index (κ1) is 20.0. The van der Waals surface area contributed by atoms with Crippen LogP contribution in [0.15, 0.2) is 0 Å². The van der Waals surface area contributed by atoms with Crippen LogP contribution in [0.25, 0.3) is 0 Å². The average molecular weight is 361 g/mol. The zero-order valence-corrected chi connectivity index (χ0v) is 16.6. The minimum Gasteiger partial charge on any atom is -0.317 e. The Morgan fingerprint density at radius 2 is 1.88 bits per heavy atom. The van der Waals surface area contributed by atoms with Gasteiger partial charge < -0.3 is 5.32 Å². The molecule has 0 aromatic carbocycles. The highest BCUT2D eigenvalue weighted by molar-refractivity contribution is 7.16. The van der Waals surface area contributed by atoms with E-state index in [0.717, 1.165) is 42.7 Å². The number of hydrogen-bond acceptors (Lipinski definition) is 3. The second-order valence-corrected chi connectivity index (χ2v) is 8.55. The van der Waals surface area contributed by atoms with Crippen LogP contribution < -0.4 is 5.32 Å². The number of fused-ring (bicyclic) bond motifs is 1. The van der Waals surface area contributed by atoms with Crippen LogP contribution in [0.1, 0.15) is 94.1 Å². The van der Waals surface area contributed by atoms with Crippen LogP contribution in [0.3, 0.4) is 0 Å². The second kappa shape index (κ2) is 10.6. The average Bonchev–Trinajstić information content (AvgIpc) is 2.93. The molecule has 1 aliphatic rings. The maximum Gasteiger partial charge on any atom is 0.225 e. The van der Waals surface area contributed by atoms with Gasteiger partial charge >= 0.3 is 0 Å². The van der Waals surface area contributed by atoms with Crippen LogP contribution in [-0.4, -0.2) is 5.91 Å². The van der Waals surface area contributed by atoms with Crippen LogP contribution in [0.5, 0.6) is 0 Å². The summed E-state index contributed by atoms with van der Waals surface area (Å²) in [4.78, 5) is 13.5. The zero-order chi connectivity index (χ0) is 18.1. The molecule has 0 saturated heterocycles. The van der Waals surface area contributed by atoms with E-state index in [-0.39, 0.29) is 5.91 Å².